The van der Waals surface area contributed by atoms with Crippen LogP contribution in [0.25, 0.3) is 0 Å². The van der Waals surface area contributed by atoms with Crippen molar-refractivity contribution >= 4 is 40.8 Å². The molecule has 0 fully saturated rings. The Labute approximate surface area is 233 Å². The minimum atomic E-state index is -1.82. The van der Waals surface area contributed by atoms with E-state index in [4.69, 9.17) is 58.2 Å². The van der Waals surface area contributed by atoms with Gasteiger partial charge >= 0.3 is 11.9 Å². The molecule has 0 spiro atoms. The Balaban J connectivity index is 0.000000757. The molecule has 0 amide bonds. The third-order valence-corrected chi connectivity index (χ3v) is 7.34. The van der Waals surface area contributed by atoms with Gasteiger partial charge in [-0.2, -0.15) is 0 Å². The van der Waals surface area contributed by atoms with Gasteiger partial charge in [-0.15, -0.1) is 0 Å². The van der Waals surface area contributed by atoms with E-state index in [1.807, 2.05) is 12.1 Å². The number of carbonyl (C=O) groups is 2. The van der Waals surface area contributed by atoms with Crippen LogP contribution in [0.4, 0.5) is 5.69 Å². The van der Waals surface area contributed by atoms with Gasteiger partial charge in [-0.3, -0.25) is 0 Å². The number of aliphatic carboxylic acids is 2. The van der Waals surface area contributed by atoms with Crippen molar-refractivity contribution in [2.24, 2.45) is 0 Å². The van der Waals surface area contributed by atoms with Crippen molar-refractivity contribution in [1.82, 2.24) is 4.90 Å². The number of fused-ring (bicyclic) bond motifs is 1. The fourth-order valence-corrected chi connectivity index (χ4v) is 4.96. The zero-order valence-corrected chi connectivity index (χ0v) is 23.4. The van der Waals surface area contributed by atoms with Crippen molar-refractivity contribution in [2.75, 3.05) is 40.1 Å². The van der Waals surface area contributed by atoms with Crippen LogP contribution in [-0.2, 0) is 28.9 Å². The van der Waals surface area contributed by atoms with Crippen LogP contribution in [0.1, 0.15) is 42.4 Å². The monoisotopic (exact) mass is 570 g/mol. The Morgan fingerprint density at radius 2 is 1.42 bits per heavy atom. The number of aryl methyl sites for hydroxylation is 2. The molecule has 0 bridgehead atoms. The molecule has 3 rings (SSSR count). The molecule has 11 heteroatoms. The zero-order chi connectivity index (χ0) is 28.5. The lowest BCUT2D eigenvalue weighted by Crippen LogP contribution is -2.31. The minimum Gasteiger partial charge on any atom is -0.493 e. The summed E-state index contributed by atoms with van der Waals surface area (Å²) < 4.78 is 10.9. The van der Waals surface area contributed by atoms with Crippen molar-refractivity contribution in [1.29, 1.82) is 0 Å². The number of carboxylic acids is 2. The van der Waals surface area contributed by atoms with Crippen molar-refractivity contribution in [3.05, 3.63) is 51.0 Å². The average molecular weight is 571 g/mol. The summed E-state index contributed by atoms with van der Waals surface area (Å²) >= 11 is 12.3. The highest BCUT2D eigenvalue weighted by molar-refractivity contribution is 6.38. The number of aliphatic hydroxyl groups is 1. The molecule has 0 aromatic heterocycles. The highest BCUT2D eigenvalue weighted by Crippen LogP contribution is 2.37. The summed E-state index contributed by atoms with van der Waals surface area (Å²) in [7, 11) is 5.42. The smallest absolute Gasteiger partial charge is 0.414 e. The van der Waals surface area contributed by atoms with E-state index in [-0.39, 0.29) is 0 Å². The summed E-state index contributed by atoms with van der Waals surface area (Å²) in [6.45, 7) is 1.81. The largest absolute Gasteiger partial charge is 0.493 e. The number of rotatable bonds is 9. The molecule has 0 radical (unpaired) electrons. The summed E-state index contributed by atoms with van der Waals surface area (Å²) in [4.78, 5) is 20.5. The van der Waals surface area contributed by atoms with Gasteiger partial charge in [0, 0.05) is 6.54 Å². The normalized spacial score (nSPS) is 14.1. The number of hydrogen-bond donors (Lipinski definition) is 4. The molecule has 0 heterocycles. The number of methoxy groups -OCH3 is 2. The molecule has 1 aliphatic carbocycles. The number of nitrogens with zero attached hydrogens (tertiary/aromatic N) is 1. The summed E-state index contributed by atoms with van der Waals surface area (Å²) in [5, 5.41) is 27.0. The highest BCUT2D eigenvalue weighted by Gasteiger charge is 2.30. The van der Waals surface area contributed by atoms with E-state index < -0.39 is 17.5 Å². The van der Waals surface area contributed by atoms with Gasteiger partial charge in [0.2, 0.25) is 0 Å². The molecular weight excluding hydrogens is 535 g/mol. The zero-order valence-electron chi connectivity index (χ0n) is 21.9. The number of nitrogen functional groups attached to an aromatic ring is 1. The second-order valence-corrected chi connectivity index (χ2v) is 10.3. The predicted octanol–water partition coefficient (Wildman–Crippen LogP) is 4.31. The van der Waals surface area contributed by atoms with E-state index in [1.54, 1.807) is 14.2 Å². The molecular formula is C27H36Cl2N2O7. The van der Waals surface area contributed by atoms with Crippen LogP contribution in [0.3, 0.4) is 0 Å². The summed E-state index contributed by atoms with van der Waals surface area (Å²) in [6, 6.07) is 7.88. The maximum Gasteiger partial charge on any atom is 0.414 e. The van der Waals surface area contributed by atoms with E-state index in [0.29, 0.717) is 15.7 Å². The Hall–Kier alpha value is -2.72. The molecule has 2 aromatic rings. The van der Waals surface area contributed by atoms with E-state index in [0.717, 1.165) is 75.1 Å². The average Bonchev–Trinajstić information content (AvgIpc) is 3.04. The molecule has 0 aliphatic heterocycles. The first-order valence-electron chi connectivity index (χ1n) is 12.2. The number of likely N-dealkylation sites (N-methyl/N-ethyl adjacent to an activating group) is 1. The second kappa shape index (κ2) is 14.4. The van der Waals surface area contributed by atoms with Crippen LogP contribution in [0.5, 0.6) is 11.5 Å². The topological polar surface area (TPSA) is 143 Å². The molecule has 9 nitrogen and oxygen atoms in total. The fourth-order valence-electron chi connectivity index (χ4n) is 4.43. The van der Waals surface area contributed by atoms with Crippen LogP contribution in [0.15, 0.2) is 24.3 Å². The van der Waals surface area contributed by atoms with Gasteiger partial charge in [0.15, 0.2) is 11.5 Å². The number of hydrogen-bond acceptors (Lipinski definition) is 7. The number of benzene rings is 2. The lowest BCUT2D eigenvalue weighted by molar-refractivity contribution is -0.159. The molecule has 0 saturated heterocycles. The molecule has 0 atom stereocenters. The van der Waals surface area contributed by atoms with Crippen molar-refractivity contribution in [3.63, 3.8) is 0 Å². The molecule has 1 aliphatic rings. The standard InChI is InChI=1S/C25H34Cl2N2O3.C2H2O4/c1-29(12-7-17-13-20(26)24(28)21(27)14-17)11-4-8-25(30)9-5-18-15-22(31-2)23(32-3)16-19(18)6-10-25;3-1(4)2(5)6/h13-16,30H,4-12,28H2,1-3H3;(H,3,4)(H,5,6). The van der Waals surface area contributed by atoms with E-state index in [1.165, 1.54) is 11.1 Å². The third-order valence-electron chi connectivity index (χ3n) is 6.71. The third kappa shape index (κ3) is 9.23. The van der Waals surface area contributed by atoms with Crippen LogP contribution in [0.2, 0.25) is 10.0 Å². The molecule has 210 valence electrons. The molecule has 5 N–H and O–H groups in total. The Morgan fingerprint density at radius 3 is 1.84 bits per heavy atom. The minimum absolute atomic E-state index is 0.432. The van der Waals surface area contributed by atoms with Crippen molar-refractivity contribution < 1.29 is 34.4 Å². The fraction of sp³-hybridized carbons (Fsp3) is 0.481. The lowest BCUT2D eigenvalue weighted by Gasteiger charge is -2.27. The Bertz CT molecular complexity index is 1060. The first-order chi connectivity index (χ1) is 17.9. The maximum absolute atomic E-state index is 11.3. The van der Waals surface area contributed by atoms with Crippen LogP contribution < -0.4 is 15.2 Å². The second-order valence-electron chi connectivity index (χ2n) is 9.44. The van der Waals surface area contributed by atoms with E-state index >= 15 is 0 Å². The van der Waals surface area contributed by atoms with Gasteiger partial charge in [0.1, 0.15) is 0 Å². The maximum atomic E-state index is 11.3. The van der Waals surface area contributed by atoms with Gasteiger partial charge in [-0.05, 0) is 99.5 Å². The Morgan fingerprint density at radius 1 is 0.947 bits per heavy atom. The lowest BCUT2D eigenvalue weighted by atomic mass is 9.89. The number of anilines is 1. The number of nitrogens with two attached hydrogens (primary N) is 1. The van der Waals surface area contributed by atoms with Crippen LogP contribution in [0, 0.1) is 0 Å². The van der Waals surface area contributed by atoms with Gasteiger partial charge in [0.05, 0.1) is 35.6 Å². The highest BCUT2D eigenvalue weighted by atomic mass is 35.5. The SMILES string of the molecule is COc1cc2c(cc1OC)CCC(O)(CCCN(C)CCc1cc(Cl)c(N)c(Cl)c1)CC2.O=C(O)C(=O)O. The van der Waals surface area contributed by atoms with Crippen LogP contribution in [-0.4, -0.2) is 72.1 Å². The van der Waals surface area contributed by atoms with Gasteiger partial charge < -0.3 is 35.4 Å². The molecule has 0 saturated carbocycles. The van der Waals surface area contributed by atoms with Crippen molar-refractivity contribution in [2.45, 2.75) is 50.5 Å². The van der Waals surface area contributed by atoms with Gasteiger partial charge in [-0.1, -0.05) is 23.2 Å². The van der Waals surface area contributed by atoms with Gasteiger partial charge in [-0.25, -0.2) is 9.59 Å². The summed E-state index contributed by atoms with van der Waals surface area (Å²) in [5.41, 5.74) is 9.17. The Kier molecular flexibility index (Phi) is 12.0. The first-order valence-corrected chi connectivity index (χ1v) is 13.0. The first kappa shape index (κ1) is 31.5. The van der Waals surface area contributed by atoms with Crippen LogP contribution >= 0.6 is 23.2 Å². The summed E-state index contributed by atoms with van der Waals surface area (Å²) in [6.07, 6.45) is 5.81. The molecule has 0 unspecified atom stereocenters. The number of halogens is 2. The van der Waals surface area contributed by atoms with E-state index in [2.05, 4.69) is 24.1 Å². The van der Waals surface area contributed by atoms with Gasteiger partial charge in [0.25, 0.3) is 0 Å². The summed E-state index contributed by atoms with van der Waals surface area (Å²) in [5.74, 6) is -2.14. The number of ether oxygens (including phenoxy) is 2. The quantitative estimate of drug-likeness (QED) is 0.197. The predicted molar refractivity (Wildman–Crippen MR) is 148 cm³/mol. The van der Waals surface area contributed by atoms with Crippen molar-refractivity contribution in [3.8, 4) is 11.5 Å². The number of carboxylic acid groups (broad SMARTS) is 2. The molecule has 2 aromatic carbocycles. The van der Waals surface area contributed by atoms with E-state index in [9.17, 15) is 5.11 Å². The molecule has 38 heavy (non-hydrogen) atoms.